The van der Waals surface area contributed by atoms with Crippen molar-refractivity contribution in [2.24, 2.45) is 29.1 Å². The van der Waals surface area contributed by atoms with Gasteiger partial charge in [-0.25, -0.2) is 0 Å². The van der Waals surface area contributed by atoms with Crippen LogP contribution in [0, 0.1) is 29.1 Å². The van der Waals surface area contributed by atoms with Crippen LogP contribution in [-0.2, 0) is 24.0 Å². The average Bonchev–Trinajstić information content (AvgIpc) is 3.16. The van der Waals surface area contributed by atoms with E-state index in [-0.39, 0.29) is 48.5 Å². The Bertz CT molecular complexity index is 1360. The highest BCUT2D eigenvalue weighted by Crippen LogP contribution is 2.64. The number of amides is 2. The van der Waals surface area contributed by atoms with Crippen molar-refractivity contribution in [2.75, 3.05) is 13.7 Å². The number of allylic oxidation sites excluding steroid dienone is 4. The van der Waals surface area contributed by atoms with Crippen LogP contribution in [0.3, 0.4) is 0 Å². The van der Waals surface area contributed by atoms with E-state index in [2.05, 4.69) is 0 Å². The van der Waals surface area contributed by atoms with Crippen molar-refractivity contribution in [3.63, 3.8) is 0 Å². The lowest BCUT2D eigenvalue weighted by Crippen LogP contribution is -2.54. The average molecular weight is 550 g/mol. The smallest absolute Gasteiger partial charge is 0.303 e. The van der Waals surface area contributed by atoms with Crippen molar-refractivity contribution in [1.82, 2.24) is 4.90 Å². The van der Waals surface area contributed by atoms with Gasteiger partial charge in [-0.1, -0.05) is 31.1 Å². The Morgan fingerprint density at radius 3 is 2.55 bits per heavy atom. The van der Waals surface area contributed by atoms with E-state index in [0.29, 0.717) is 42.6 Å². The number of Topliss-reactive ketones (excluding diaryl/α,β-unsaturated/α-hetero) is 1. The van der Waals surface area contributed by atoms with Crippen LogP contribution in [0.5, 0.6) is 11.5 Å². The Morgan fingerprint density at radius 2 is 1.85 bits per heavy atom. The lowest BCUT2D eigenvalue weighted by atomic mass is 9.47. The summed E-state index contributed by atoms with van der Waals surface area (Å²) in [6.07, 6.45) is 5.52. The predicted molar refractivity (Wildman–Crippen MR) is 143 cm³/mol. The van der Waals surface area contributed by atoms with Gasteiger partial charge in [-0.2, -0.15) is 0 Å². The summed E-state index contributed by atoms with van der Waals surface area (Å²) in [4.78, 5) is 66.7. The van der Waals surface area contributed by atoms with Crippen LogP contribution in [0.4, 0.5) is 0 Å². The number of hydrogen-bond donors (Lipinski definition) is 2. The first-order chi connectivity index (χ1) is 19.0. The zero-order valence-corrected chi connectivity index (χ0v) is 23.0. The number of carboxylic acid groups (broad SMARTS) is 1. The number of nitrogens with zero attached hydrogens (tertiary/aromatic N) is 1. The SMILES string of the molecule is COc1cccc(O)c1[C@H]1C2=CC[C@@H]3C(=O)N(CCCCCC(=O)O)C(=O)[C@@H]3[C@@H]2C[C@H]2C(=O)C=C(C)C(=O)[C@@]12C. The summed E-state index contributed by atoms with van der Waals surface area (Å²) in [5.74, 6) is -4.55. The molecule has 0 spiro atoms. The van der Waals surface area contributed by atoms with Gasteiger partial charge in [0.25, 0.3) is 0 Å². The molecule has 3 aliphatic carbocycles. The summed E-state index contributed by atoms with van der Waals surface area (Å²) in [5, 5.41) is 20.0. The zero-order chi connectivity index (χ0) is 28.9. The molecule has 2 amide bonds. The number of fused-ring (bicyclic) bond motifs is 4. The topological polar surface area (TPSA) is 138 Å². The Hall–Kier alpha value is -3.75. The van der Waals surface area contributed by atoms with Gasteiger partial charge in [0.1, 0.15) is 11.5 Å². The van der Waals surface area contributed by atoms with Crippen LogP contribution in [0.15, 0.2) is 41.5 Å². The molecule has 9 heteroatoms. The summed E-state index contributed by atoms with van der Waals surface area (Å²) in [5.41, 5.74) is 0.360. The van der Waals surface area contributed by atoms with E-state index >= 15 is 0 Å². The maximum atomic E-state index is 13.9. The van der Waals surface area contributed by atoms with Crippen LogP contribution < -0.4 is 4.74 Å². The fourth-order valence-electron chi connectivity index (χ4n) is 7.71. The van der Waals surface area contributed by atoms with Gasteiger partial charge in [-0.15, -0.1) is 0 Å². The number of unbranched alkanes of at least 4 members (excludes halogenated alkanes) is 2. The van der Waals surface area contributed by atoms with Gasteiger partial charge in [0.2, 0.25) is 11.8 Å². The number of aliphatic carboxylic acids is 1. The number of methoxy groups -OCH3 is 1. The van der Waals surface area contributed by atoms with Crippen molar-refractivity contribution in [3.05, 3.63) is 47.1 Å². The number of likely N-dealkylation sites (tertiary alicyclic amines) is 1. The second-order valence-corrected chi connectivity index (χ2v) is 11.7. The summed E-state index contributed by atoms with van der Waals surface area (Å²) >= 11 is 0. The van der Waals surface area contributed by atoms with Gasteiger partial charge in [0, 0.05) is 30.4 Å². The number of ether oxygens (including phenoxy) is 1. The summed E-state index contributed by atoms with van der Waals surface area (Å²) in [6, 6.07) is 4.88. The number of aromatic hydroxyl groups is 1. The van der Waals surface area contributed by atoms with E-state index in [4.69, 9.17) is 9.84 Å². The van der Waals surface area contributed by atoms with Gasteiger partial charge in [0.15, 0.2) is 11.6 Å². The molecule has 5 rings (SSSR count). The van der Waals surface area contributed by atoms with Crippen LogP contribution in [0.25, 0.3) is 0 Å². The predicted octanol–water partition coefficient (Wildman–Crippen LogP) is 3.80. The first kappa shape index (κ1) is 27.8. The van der Waals surface area contributed by atoms with Crippen LogP contribution >= 0.6 is 0 Å². The number of benzene rings is 1. The van der Waals surface area contributed by atoms with Crippen molar-refractivity contribution >= 4 is 29.4 Å². The molecule has 1 aliphatic heterocycles. The minimum atomic E-state index is -1.20. The van der Waals surface area contributed by atoms with Crippen molar-refractivity contribution < 1.29 is 38.9 Å². The maximum Gasteiger partial charge on any atom is 0.303 e. The lowest BCUT2D eigenvalue weighted by molar-refractivity contribution is -0.142. The number of carbonyl (C=O) groups is 5. The summed E-state index contributed by atoms with van der Waals surface area (Å²) in [6.45, 7) is 3.63. The van der Waals surface area contributed by atoms with Gasteiger partial charge < -0.3 is 14.9 Å². The summed E-state index contributed by atoms with van der Waals surface area (Å²) < 4.78 is 5.63. The normalized spacial score (nSPS) is 31.3. The van der Waals surface area contributed by atoms with Gasteiger partial charge in [-0.05, 0) is 62.3 Å². The molecule has 0 radical (unpaired) electrons. The fourth-order valence-corrected chi connectivity index (χ4v) is 7.71. The minimum absolute atomic E-state index is 0.0422. The molecular weight excluding hydrogens is 514 g/mol. The maximum absolute atomic E-state index is 13.9. The molecule has 1 heterocycles. The van der Waals surface area contributed by atoms with E-state index in [1.165, 1.54) is 24.2 Å². The third-order valence-electron chi connectivity index (χ3n) is 9.56. The van der Waals surface area contributed by atoms with Gasteiger partial charge in [0.05, 0.1) is 24.4 Å². The van der Waals surface area contributed by atoms with Crippen LogP contribution in [0.2, 0.25) is 0 Å². The van der Waals surface area contributed by atoms with Crippen LogP contribution in [0.1, 0.15) is 63.9 Å². The number of phenols is 1. The number of rotatable bonds is 8. The molecule has 1 saturated carbocycles. The molecule has 4 aliphatic rings. The standard InChI is InChI=1S/C31H35NO8/c1-16-14-22(34)20-15-19-17(27(31(20,2)28(16)37)26-21(33)8-7-9-23(26)40-3)11-12-18-25(19)30(39)32(29(18)38)13-6-4-5-10-24(35)36/h7-9,11,14,18-20,25,27,33H,4-6,10,12-13,15H2,1-3H3,(H,35,36)/t18-,19+,20-,25-,27+,31+/m0/s1. The molecule has 0 unspecified atom stereocenters. The minimum Gasteiger partial charge on any atom is -0.508 e. The molecule has 2 fully saturated rings. The lowest BCUT2D eigenvalue weighted by Gasteiger charge is -2.53. The van der Waals surface area contributed by atoms with E-state index in [9.17, 15) is 29.1 Å². The molecule has 2 N–H and O–H groups in total. The zero-order valence-electron chi connectivity index (χ0n) is 23.0. The van der Waals surface area contributed by atoms with E-state index in [1.54, 1.807) is 26.0 Å². The first-order valence-corrected chi connectivity index (χ1v) is 13.9. The van der Waals surface area contributed by atoms with E-state index in [0.717, 1.165) is 5.57 Å². The second-order valence-electron chi connectivity index (χ2n) is 11.7. The number of phenolic OH excluding ortho intramolecular Hbond substituents is 1. The molecular formula is C31H35NO8. The quantitative estimate of drug-likeness (QED) is 0.284. The van der Waals surface area contributed by atoms with E-state index < -0.39 is 41.0 Å². The monoisotopic (exact) mass is 549 g/mol. The highest BCUT2D eigenvalue weighted by atomic mass is 16.5. The van der Waals surface area contributed by atoms with Crippen molar-refractivity contribution in [2.45, 2.75) is 58.3 Å². The molecule has 1 aromatic carbocycles. The first-order valence-electron chi connectivity index (χ1n) is 13.9. The fraction of sp³-hybridized carbons (Fsp3) is 0.516. The number of carbonyl (C=O) groups excluding carboxylic acids is 4. The Morgan fingerprint density at radius 1 is 1.10 bits per heavy atom. The number of carboxylic acids is 1. The molecule has 1 aromatic rings. The molecule has 40 heavy (non-hydrogen) atoms. The highest BCUT2D eigenvalue weighted by molar-refractivity contribution is 6.13. The molecule has 0 aromatic heterocycles. The molecule has 0 bridgehead atoms. The molecule has 212 valence electrons. The molecule has 6 atom stereocenters. The summed E-state index contributed by atoms with van der Waals surface area (Å²) in [7, 11) is 1.48. The number of hydrogen-bond acceptors (Lipinski definition) is 7. The number of imide groups is 1. The third-order valence-corrected chi connectivity index (χ3v) is 9.56. The third kappa shape index (κ3) is 4.17. The molecule has 9 nitrogen and oxygen atoms in total. The second kappa shape index (κ2) is 10.3. The van der Waals surface area contributed by atoms with Crippen LogP contribution in [-0.4, -0.2) is 58.1 Å². The van der Waals surface area contributed by atoms with Gasteiger partial charge >= 0.3 is 5.97 Å². The number of ketones is 2. The Labute approximate surface area is 232 Å². The van der Waals surface area contributed by atoms with Gasteiger partial charge in [-0.3, -0.25) is 28.9 Å². The van der Waals surface area contributed by atoms with Crippen molar-refractivity contribution in [1.29, 1.82) is 0 Å². The largest absolute Gasteiger partial charge is 0.508 e. The Balaban J connectivity index is 1.55. The van der Waals surface area contributed by atoms with E-state index in [1.807, 2.05) is 6.08 Å². The molecule has 1 saturated heterocycles. The highest BCUT2D eigenvalue weighted by Gasteiger charge is 2.63. The Kier molecular flexibility index (Phi) is 7.18. The van der Waals surface area contributed by atoms with Crippen molar-refractivity contribution in [3.8, 4) is 11.5 Å².